The number of nitrogens with one attached hydrogen (secondary N) is 1. The van der Waals surface area contributed by atoms with Gasteiger partial charge < -0.3 is 14.8 Å². The Bertz CT molecular complexity index is 1480. The molecule has 2 aliphatic carbocycles. The van der Waals surface area contributed by atoms with Gasteiger partial charge in [0.15, 0.2) is 11.5 Å². The molecule has 3 aromatic rings. The fourth-order valence-electron chi connectivity index (χ4n) is 7.12. The third-order valence-corrected chi connectivity index (χ3v) is 11.2. The average Bonchev–Trinajstić information content (AvgIpc) is 3.59. The van der Waals surface area contributed by atoms with Gasteiger partial charge in [0, 0.05) is 21.1 Å². The number of imide groups is 1. The normalized spacial score (nSPS) is 31.9. The maximum atomic E-state index is 13.7. The van der Waals surface area contributed by atoms with Gasteiger partial charge in [-0.2, -0.15) is 0 Å². The fourth-order valence-corrected chi connectivity index (χ4v) is 10.1. The minimum Gasteiger partial charge on any atom is -0.504 e. The van der Waals surface area contributed by atoms with Gasteiger partial charge in [-0.15, -0.1) is 11.8 Å². The van der Waals surface area contributed by atoms with Gasteiger partial charge in [-0.05, 0) is 66.1 Å². The zero-order valence-corrected chi connectivity index (χ0v) is 21.4. The van der Waals surface area contributed by atoms with E-state index in [9.17, 15) is 19.5 Å². The summed E-state index contributed by atoms with van der Waals surface area (Å²) in [6.45, 7) is 0. The predicted octanol–water partition coefficient (Wildman–Crippen LogP) is 4.48. The second-order valence-corrected chi connectivity index (χ2v) is 12.5. The SMILES string of the molecule is COc1cc([C@@H]2c3sc(=O)[nH]c3S[C@@H]3[C@H]4C[C@@H]([C@@H]5C(=O)N(c6ccc(Cl)cc6)C(=O)[C@H]45)[C@@H]23)ccc1O. The fraction of sp³-hybridized carbons (Fsp3) is 0.346. The molecule has 36 heavy (non-hydrogen) atoms. The molecule has 7 rings (SSSR count). The van der Waals surface area contributed by atoms with Crippen molar-refractivity contribution in [3.8, 4) is 11.5 Å². The second kappa shape index (κ2) is 7.87. The van der Waals surface area contributed by atoms with Gasteiger partial charge in [-0.3, -0.25) is 19.3 Å². The van der Waals surface area contributed by atoms with Crippen molar-refractivity contribution in [2.75, 3.05) is 12.0 Å². The molecule has 4 aliphatic rings. The summed E-state index contributed by atoms with van der Waals surface area (Å²) in [5.74, 6) is -0.576. The maximum absolute atomic E-state index is 13.7. The van der Waals surface area contributed by atoms with Crippen LogP contribution in [0.5, 0.6) is 11.5 Å². The lowest BCUT2D eigenvalue weighted by Crippen LogP contribution is -2.42. The number of aromatic nitrogens is 1. The van der Waals surface area contributed by atoms with E-state index in [4.69, 9.17) is 16.3 Å². The third-order valence-electron chi connectivity index (χ3n) is 8.37. The predicted molar refractivity (Wildman–Crippen MR) is 137 cm³/mol. The number of phenols is 1. The van der Waals surface area contributed by atoms with Crippen molar-refractivity contribution in [1.29, 1.82) is 0 Å². The lowest BCUT2D eigenvalue weighted by Gasteiger charge is -2.43. The van der Waals surface area contributed by atoms with Crippen molar-refractivity contribution in [1.82, 2.24) is 4.98 Å². The van der Waals surface area contributed by atoms with Crippen molar-refractivity contribution < 1.29 is 19.4 Å². The second-order valence-electron chi connectivity index (χ2n) is 9.88. The molecule has 7 atom stereocenters. The van der Waals surface area contributed by atoms with Crippen LogP contribution in [-0.4, -0.2) is 34.3 Å². The first-order valence-corrected chi connectivity index (χ1v) is 13.8. The Labute approximate surface area is 219 Å². The molecule has 1 aromatic heterocycles. The first kappa shape index (κ1) is 22.4. The van der Waals surface area contributed by atoms with Crippen LogP contribution in [-0.2, 0) is 9.59 Å². The number of fused-ring (bicyclic) bond motifs is 9. The smallest absolute Gasteiger partial charge is 0.305 e. The van der Waals surface area contributed by atoms with Gasteiger partial charge in [-0.25, -0.2) is 0 Å². The summed E-state index contributed by atoms with van der Waals surface area (Å²) >= 11 is 8.89. The first-order valence-electron chi connectivity index (χ1n) is 11.8. The van der Waals surface area contributed by atoms with Crippen LogP contribution in [0, 0.1) is 29.6 Å². The van der Waals surface area contributed by atoms with E-state index < -0.39 is 0 Å². The summed E-state index contributed by atoms with van der Waals surface area (Å²) in [5.41, 5.74) is 1.49. The molecular weight excluding hydrogens is 520 g/mol. The minimum absolute atomic E-state index is 0.0152. The maximum Gasteiger partial charge on any atom is 0.305 e. The molecule has 2 amide bonds. The molecule has 184 valence electrons. The number of hydrogen-bond acceptors (Lipinski definition) is 7. The topological polar surface area (TPSA) is 99.7 Å². The number of carbonyl (C=O) groups is 2. The largest absolute Gasteiger partial charge is 0.504 e. The van der Waals surface area contributed by atoms with Gasteiger partial charge >= 0.3 is 4.87 Å². The Hall–Kier alpha value is -2.75. The van der Waals surface area contributed by atoms with E-state index in [0.717, 1.165) is 21.9 Å². The number of benzene rings is 2. The Balaban J connectivity index is 1.33. The van der Waals surface area contributed by atoms with E-state index in [2.05, 4.69) is 4.98 Å². The van der Waals surface area contributed by atoms with Crippen LogP contribution in [0.4, 0.5) is 5.69 Å². The van der Waals surface area contributed by atoms with E-state index in [1.165, 1.54) is 23.3 Å². The summed E-state index contributed by atoms with van der Waals surface area (Å²) in [6, 6.07) is 12.1. The Kier molecular flexibility index (Phi) is 4.91. The monoisotopic (exact) mass is 540 g/mol. The van der Waals surface area contributed by atoms with E-state index in [1.54, 1.807) is 42.1 Å². The highest BCUT2D eigenvalue weighted by Crippen LogP contribution is 2.68. The van der Waals surface area contributed by atoms with Crippen LogP contribution in [0.1, 0.15) is 22.8 Å². The number of methoxy groups -OCH3 is 1. The average molecular weight is 541 g/mol. The number of anilines is 1. The van der Waals surface area contributed by atoms with Crippen LogP contribution in [0.15, 0.2) is 52.3 Å². The highest BCUT2D eigenvalue weighted by atomic mass is 35.5. The van der Waals surface area contributed by atoms with Gasteiger partial charge in [-0.1, -0.05) is 29.0 Å². The van der Waals surface area contributed by atoms with Gasteiger partial charge in [0.2, 0.25) is 11.8 Å². The number of carbonyl (C=O) groups excluding carboxylic acids is 2. The number of hydrogen-bond donors (Lipinski definition) is 2. The molecule has 0 radical (unpaired) electrons. The number of aromatic hydroxyl groups is 1. The molecule has 7 nitrogen and oxygen atoms in total. The number of thiazole rings is 1. The molecule has 0 unspecified atom stereocenters. The molecule has 1 saturated heterocycles. The van der Waals surface area contributed by atoms with Crippen molar-refractivity contribution in [3.63, 3.8) is 0 Å². The molecule has 2 N–H and O–H groups in total. The highest BCUT2D eigenvalue weighted by molar-refractivity contribution is 8.00. The van der Waals surface area contributed by atoms with Crippen LogP contribution in [0.3, 0.4) is 0 Å². The third kappa shape index (κ3) is 2.96. The van der Waals surface area contributed by atoms with E-state index in [1.807, 2.05) is 12.1 Å². The first-order chi connectivity index (χ1) is 17.4. The van der Waals surface area contributed by atoms with Crippen LogP contribution >= 0.6 is 34.7 Å². The van der Waals surface area contributed by atoms with Crippen LogP contribution in [0.25, 0.3) is 0 Å². The number of halogens is 1. The van der Waals surface area contributed by atoms with Crippen molar-refractivity contribution in [2.45, 2.75) is 22.6 Å². The molecule has 2 bridgehead atoms. The van der Waals surface area contributed by atoms with Gasteiger partial charge in [0.1, 0.15) is 0 Å². The number of ether oxygens (including phenoxy) is 1. The van der Waals surface area contributed by atoms with Crippen molar-refractivity contribution >= 4 is 52.2 Å². The van der Waals surface area contributed by atoms with E-state index >= 15 is 0 Å². The van der Waals surface area contributed by atoms with E-state index in [0.29, 0.717) is 16.5 Å². The van der Waals surface area contributed by atoms with Crippen molar-refractivity contribution in [3.05, 3.63) is 67.6 Å². The molecule has 2 aromatic carbocycles. The lowest BCUT2D eigenvalue weighted by atomic mass is 9.68. The summed E-state index contributed by atoms with van der Waals surface area (Å²) in [6.07, 6.45) is 0.814. The molecule has 0 spiro atoms. The summed E-state index contributed by atoms with van der Waals surface area (Å²) in [4.78, 5) is 45.0. The lowest BCUT2D eigenvalue weighted by molar-refractivity contribution is -0.123. The highest BCUT2D eigenvalue weighted by Gasteiger charge is 2.69. The Morgan fingerprint density at radius 2 is 1.78 bits per heavy atom. The van der Waals surface area contributed by atoms with Crippen LogP contribution in [0.2, 0.25) is 5.02 Å². The Morgan fingerprint density at radius 3 is 2.50 bits per heavy atom. The number of phenolic OH excluding ortho intramolecular Hbond substituents is 1. The number of rotatable bonds is 3. The molecular formula is C26H21ClN2O5S2. The standard InChI is InChI=1S/C26H21ClN2O5S2/c1-34-16-8-10(2-7-15(16)30)17-18-13-9-14(21(18)35-23-22(17)36-26(33)28-23)20-19(13)24(31)29(25(20)32)12-5-3-11(27)4-6-12/h2-8,13-14,17-21,30H,9H2,1H3,(H,28,33)/t13-,14+,17+,18+,19+,20-,21-/m1/s1. The van der Waals surface area contributed by atoms with Crippen LogP contribution < -0.4 is 14.5 Å². The number of nitrogens with zero attached hydrogens (tertiary/aromatic N) is 1. The summed E-state index contributed by atoms with van der Waals surface area (Å²) in [5, 5.41) is 11.7. The molecule has 2 aliphatic heterocycles. The molecule has 10 heteroatoms. The minimum atomic E-state index is -0.376. The summed E-state index contributed by atoms with van der Waals surface area (Å²) < 4.78 is 5.38. The van der Waals surface area contributed by atoms with Gasteiger partial charge in [0.05, 0.1) is 29.7 Å². The zero-order chi connectivity index (χ0) is 24.9. The Morgan fingerprint density at radius 1 is 1.06 bits per heavy atom. The zero-order valence-electron chi connectivity index (χ0n) is 19.0. The quantitative estimate of drug-likeness (QED) is 0.475. The number of thioether (sulfide) groups is 1. The number of amides is 2. The molecule has 3 fully saturated rings. The van der Waals surface area contributed by atoms with E-state index in [-0.39, 0.29) is 63.2 Å². The van der Waals surface area contributed by atoms with Crippen molar-refractivity contribution in [2.24, 2.45) is 29.6 Å². The van der Waals surface area contributed by atoms with Gasteiger partial charge in [0.25, 0.3) is 0 Å². The molecule has 3 heterocycles. The molecule has 2 saturated carbocycles. The number of H-pyrrole nitrogens is 1. The number of aromatic amines is 1. The summed E-state index contributed by atoms with van der Waals surface area (Å²) in [7, 11) is 1.51.